The number of β-lactam (4-membered cyclic amide) rings is 1. The Hall–Kier alpha value is -5.04. The van der Waals surface area contributed by atoms with E-state index in [1.807, 2.05) is 60.7 Å². The molecule has 6 rings (SSSR count). The zero-order chi connectivity index (χ0) is 36.3. The highest BCUT2D eigenvalue weighted by atomic mass is 32.2. The molecule has 4 aliphatic heterocycles. The molecule has 0 aromatic heterocycles. The summed E-state index contributed by atoms with van der Waals surface area (Å²) in [4.78, 5) is 71.6. The number of rotatable bonds is 9. The van der Waals surface area contributed by atoms with Gasteiger partial charge in [0.05, 0.1) is 6.04 Å². The normalized spacial score (nSPS) is 22.5. The second kappa shape index (κ2) is 15.1. The Kier molecular flexibility index (Phi) is 10.6. The molecule has 1 N–H and O–H groups in total. The maximum absolute atomic E-state index is 14.3. The SMILES string of the molecule is C=CCOC(=O)N1CC[C@H](N2CCC(=CC3=C(C(=O)OC(c4ccccc4)c4ccccc4)N4C(=O)C(NC(=O)OC(C)(C)C)[C@@H]4SC3)C2=O)C1. The fraction of sp³-hybridized carbons (Fsp3) is 0.395. The van der Waals surface area contributed by atoms with E-state index in [0.29, 0.717) is 43.6 Å². The highest BCUT2D eigenvalue weighted by Gasteiger charge is 2.55. The first-order chi connectivity index (χ1) is 24.4. The topological polar surface area (TPSA) is 135 Å². The minimum atomic E-state index is -0.909. The summed E-state index contributed by atoms with van der Waals surface area (Å²) in [6, 6.07) is 17.6. The lowest BCUT2D eigenvalue weighted by Crippen LogP contribution is -2.70. The number of hydrogen-bond acceptors (Lipinski definition) is 9. The minimum absolute atomic E-state index is 0.0404. The summed E-state index contributed by atoms with van der Waals surface area (Å²) in [5, 5.41) is 2.08. The van der Waals surface area contributed by atoms with E-state index in [1.54, 1.807) is 36.6 Å². The van der Waals surface area contributed by atoms with Gasteiger partial charge in [0.1, 0.15) is 29.3 Å². The van der Waals surface area contributed by atoms with Crippen LogP contribution in [0.2, 0.25) is 0 Å². The van der Waals surface area contributed by atoms with Gasteiger partial charge in [-0.25, -0.2) is 14.4 Å². The molecule has 51 heavy (non-hydrogen) atoms. The first kappa shape index (κ1) is 35.8. The van der Waals surface area contributed by atoms with Crippen LogP contribution in [-0.4, -0.2) is 99.7 Å². The lowest BCUT2D eigenvalue weighted by molar-refractivity contribution is -0.153. The average Bonchev–Trinajstić information content (AvgIpc) is 3.75. The van der Waals surface area contributed by atoms with Crippen molar-refractivity contribution < 1.29 is 38.2 Å². The molecule has 13 heteroatoms. The number of thioether (sulfide) groups is 1. The molecule has 4 aliphatic rings. The molecule has 3 atom stereocenters. The van der Waals surface area contributed by atoms with Gasteiger partial charge in [0.15, 0.2) is 6.10 Å². The van der Waals surface area contributed by atoms with E-state index >= 15 is 0 Å². The molecule has 3 fully saturated rings. The van der Waals surface area contributed by atoms with Gasteiger partial charge in [-0.15, -0.1) is 11.8 Å². The van der Waals surface area contributed by atoms with Crippen molar-refractivity contribution in [2.45, 2.75) is 62.8 Å². The van der Waals surface area contributed by atoms with Crippen LogP contribution < -0.4 is 5.32 Å². The zero-order valence-electron chi connectivity index (χ0n) is 28.9. The van der Waals surface area contributed by atoms with E-state index in [-0.39, 0.29) is 30.0 Å². The highest BCUT2D eigenvalue weighted by molar-refractivity contribution is 8.00. The fourth-order valence-corrected chi connectivity index (χ4v) is 7.94. The molecule has 12 nitrogen and oxygen atoms in total. The Morgan fingerprint density at radius 3 is 2.31 bits per heavy atom. The zero-order valence-corrected chi connectivity index (χ0v) is 29.7. The maximum atomic E-state index is 14.3. The second-order valence-corrected chi connectivity index (χ2v) is 14.8. The van der Waals surface area contributed by atoms with Crippen molar-refractivity contribution >= 4 is 41.7 Å². The number of nitrogens with one attached hydrogen (secondary N) is 1. The summed E-state index contributed by atoms with van der Waals surface area (Å²) in [5.41, 5.74) is 1.76. The quantitative estimate of drug-likeness (QED) is 0.126. The Labute approximate surface area is 301 Å². The van der Waals surface area contributed by atoms with Gasteiger partial charge in [-0.05, 0) is 56.4 Å². The molecule has 2 aromatic rings. The number of esters is 1. The summed E-state index contributed by atoms with van der Waals surface area (Å²) in [6.07, 6.45) is 2.32. The highest BCUT2D eigenvalue weighted by Crippen LogP contribution is 2.43. The van der Waals surface area contributed by atoms with Crippen LogP contribution in [0.1, 0.15) is 50.8 Å². The number of likely N-dealkylation sites (tertiary alicyclic amines) is 2. The summed E-state index contributed by atoms with van der Waals surface area (Å²) >= 11 is 1.38. The smallest absolute Gasteiger partial charge is 0.410 e. The largest absolute Gasteiger partial charge is 0.448 e. The number of hydrogen-bond donors (Lipinski definition) is 1. The number of benzene rings is 2. The van der Waals surface area contributed by atoms with E-state index in [9.17, 15) is 24.0 Å². The van der Waals surface area contributed by atoms with Gasteiger partial charge in [-0.3, -0.25) is 14.5 Å². The number of nitrogens with zero attached hydrogens (tertiary/aromatic N) is 3. The van der Waals surface area contributed by atoms with Crippen molar-refractivity contribution in [2.24, 2.45) is 0 Å². The van der Waals surface area contributed by atoms with Crippen LogP contribution >= 0.6 is 11.8 Å². The predicted molar refractivity (Wildman–Crippen MR) is 190 cm³/mol. The molecule has 3 saturated heterocycles. The van der Waals surface area contributed by atoms with Crippen LogP contribution in [0.5, 0.6) is 0 Å². The number of allylic oxidation sites excluding steroid dienone is 1. The molecule has 2 aromatic carbocycles. The van der Waals surface area contributed by atoms with E-state index in [0.717, 1.165) is 11.1 Å². The van der Waals surface area contributed by atoms with Crippen LogP contribution in [0.25, 0.3) is 0 Å². The third-order valence-electron chi connectivity index (χ3n) is 8.99. The molecular weight excluding hydrogens is 673 g/mol. The second-order valence-electron chi connectivity index (χ2n) is 13.7. The van der Waals surface area contributed by atoms with Gasteiger partial charge >= 0.3 is 18.2 Å². The summed E-state index contributed by atoms with van der Waals surface area (Å²) in [5.74, 6) is -1.10. The fourth-order valence-electron chi connectivity index (χ4n) is 6.63. The monoisotopic (exact) mass is 714 g/mol. The molecule has 0 bridgehead atoms. The molecule has 4 amide bonds. The van der Waals surface area contributed by atoms with Gasteiger partial charge in [0.25, 0.3) is 5.91 Å². The number of carbonyl (C=O) groups is 5. The van der Waals surface area contributed by atoms with Gasteiger partial charge < -0.3 is 29.3 Å². The summed E-state index contributed by atoms with van der Waals surface area (Å²) in [6.45, 7) is 10.2. The molecule has 0 radical (unpaired) electrons. The van der Waals surface area contributed by atoms with Crippen molar-refractivity contribution in [3.8, 4) is 0 Å². The van der Waals surface area contributed by atoms with E-state index in [4.69, 9.17) is 14.2 Å². The van der Waals surface area contributed by atoms with Crippen molar-refractivity contribution in [1.29, 1.82) is 0 Å². The third kappa shape index (κ3) is 7.83. The lowest BCUT2D eigenvalue weighted by atomic mass is 10.00. The molecule has 268 valence electrons. The first-order valence-corrected chi connectivity index (χ1v) is 18.0. The number of fused-ring (bicyclic) bond motifs is 1. The Bertz CT molecular complexity index is 1720. The summed E-state index contributed by atoms with van der Waals surface area (Å²) < 4.78 is 16.8. The van der Waals surface area contributed by atoms with Gasteiger partial charge in [0.2, 0.25) is 5.91 Å². The third-order valence-corrected chi connectivity index (χ3v) is 10.3. The molecule has 0 saturated carbocycles. The molecule has 1 unspecified atom stereocenters. The van der Waals surface area contributed by atoms with Crippen LogP contribution in [0.4, 0.5) is 9.59 Å². The number of alkyl carbamates (subject to hydrolysis) is 1. The van der Waals surface area contributed by atoms with Gasteiger partial charge in [-0.2, -0.15) is 0 Å². The minimum Gasteiger partial charge on any atom is -0.448 e. The van der Waals surface area contributed by atoms with Gasteiger partial charge in [-0.1, -0.05) is 73.3 Å². The molecule has 0 spiro atoms. The molecular formula is C38H42N4O8S. The Morgan fingerprint density at radius 2 is 1.69 bits per heavy atom. The summed E-state index contributed by atoms with van der Waals surface area (Å²) in [7, 11) is 0. The van der Waals surface area contributed by atoms with Gasteiger partial charge in [0, 0.05) is 31.0 Å². The van der Waals surface area contributed by atoms with Crippen molar-refractivity contribution in [1.82, 2.24) is 20.0 Å². The van der Waals surface area contributed by atoms with Crippen LogP contribution in [-0.2, 0) is 28.6 Å². The van der Waals surface area contributed by atoms with E-state index < -0.39 is 47.2 Å². The average molecular weight is 715 g/mol. The van der Waals surface area contributed by atoms with Crippen molar-refractivity contribution in [2.75, 3.05) is 32.0 Å². The number of carbonyl (C=O) groups excluding carboxylic acids is 5. The standard InChI is InChI=1S/C38H42N4O8S/c1-5-20-48-37(47)40-18-17-28(22-40)41-19-16-26(32(41)43)21-27-23-51-34-29(39-36(46)50-38(2,3)4)33(44)42(34)30(27)35(45)49-31(24-12-8-6-9-13-24)25-14-10-7-11-15-25/h5-15,21,28-29,31,34H,1,16-20,22-23H2,2-4H3,(H,39,46)/t28-,29?,34-/m0/s1. The number of ether oxygens (including phenoxy) is 3. The maximum Gasteiger partial charge on any atom is 0.410 e. The van der Waals surface area contributed by atoms with Crippen LogP contribution in [0.15, 0.2) is 96.2 Å². The molecule has 4 heterocycles. The molecule has 0 aliphatic carbocycles. The number of amides is 4. The Balaban J connectivity index is 1.28. The van der Waals surface area contributed by atoms with Crippen molar-refractivity contribution in [3.05, 3.63) is 107 Å². The van der Waals surface area contributed by atoms with E-state index in [1.165, 1.54) is 22.7 Å². The Morgan fingerprint density at radius 1 is 1.02 bits per heavy atom. The first-order valence-electron chi connectivity index (χ1n) is 17.0. The van der Waals surface area contributed by atoms with Crippen LogP contribution in [0.3, 0.4) is 0 Å². The lowest BCUT2D eigenvalue weighted by Gasteiger charge is -2.49. The predicted octanol–water partition coefficient (Wildman–Crippen LogP) is 4.94. The van der Waals surface area contributed by atoms with Crippen LogP contribution in [0, 0.1) is 0 Å². The van der Waals surface area contributed by atoms with Crippen molar-refractivity contribution in [3.63, 3.8) is 0 Å². The van der Waals surface area contributed by atoms with E-state index in [2.05, 4.69) is 11.9 Å².